The van der Waals surface area contributed by atoms with Crippen LogP contribution >= 0.6 is 0 Å². The summed E-state index contributed by atoms with van der Waals surface area (Å²) < 4.78 is 5.39. The summed E-state index contributed by atoms with van der Waals surface area (Å²) >= 11 is 0. The monoisotopic (exact) mass is 278 g/mol. The van der Waals surface area contributed by atoms with Gasteiger partial charge < -0.3 is 10.1 Å². The SMILES string of the molecule is COC1CCCCC1NC(=O)c1ccc([N+](=O)[O-])cc1. The van der Waals surface area contributed by atoms with E-state index in [1.54, 1.807) is 7.11 Å². The molecule has 2 unspecified atom stereocenters. The van der Waals surface area contributed by atoms with Crippen LogP contribution in [0.1, 0.15) is 36.0 Å². The molecule has 1 saturated carbocycles. The maximum Gasteiger partial charge on any atom is 0.269 e. The molecule has 0 spiro atoms. The van der Waals surface area contributed by atoms with Crippen LogP contribution in [0.25, 0.3) is 0 Å². The number of nitrogens with one attached hydrogen (secondary N) is 1. The number of carbonyl (C=O) groups excluding carboxylic acids is 1. The number of nitro groups is 1. The standard InChI is InChI=1S/C14H18N2O4/c1-20-13-5-3-2-4-12(13)15-14(17)10-6-8-11(9-7-10)16(18)19/h6-9,12-13H,2-5H2,1H3,(H,15,17). The second kappa shape index (κ2) is 6.47. The van der Waals surface area contributed by atoms with Gasteiger partial charge in [0.2, 0.25) is 0 Å². The van der Waals surface area contributed by atoms with E-state index in [-0.39, 0.29) is 23.7 Å². The summed E-state index contributed by atoms with van der Waals surface area (Å²) in [5, 5.41) is 13.5. The Balaban J connectivity index is 2.01. The highest BCUT2D eigenvalue weighted by Gasteiger charge is 2.26. The third-order valence-electron chi connectivity index (χ3n) is 3.66. The smallest absolute Gasteiger partial charge is 0.269 e. The van der Waals surface area contributed by atoms with E-state index >= 15 is 0 Å². The van der Waals surface area contributed by atoms with Gasteiger partial charge in [-0.3, -0.25) is 14.9 Å². The zero-order chi connectivity index (χ0) is 14.5. The minimum absolute atomic E-state index is 0.0106. The second-order valence-corrected chi connectivity index (χ2v) is 4.94. The van der Waals surface area contributed by atoms with Gasteiger partial charge in [0.1, 0.15) is 0 Å². The molecule has 0 saturated heterocycles. The molecule has 2 atom stereocenters. The lowest BCUT2D eigenvalue weighted by Gasteiger charge is -2.31. The van der Waals surface area contributed by atoms with Crippen LogP contribution in [0, 0.1) is 10.1 Å². The third kappa shape index (κ3) is 3.33. The molecule has 1 N–H and O–H groups in total. The summed E-state index contributed by atoms with van der Waals surface area (Å²) in [6.07, 6.45) is 4.08. The van der Waals surface area contributed by atoms with Crippen LogP contribution < -0.4 is 5.32 Å². The van der Waals surface area contributed by atoms with Gasteiger partial charge in [0.25, 0.3) is 11.6 Å². The van der Waals surface area contributed by atoms with Crippen molar-refractivity contribution in [3.63, 3.8) is 0 Å². The Morgan fingerprint density at radius 3 is 2.55 bits per heavy atom. The fourth-order valence-electron chi connectivity index (χ4n) is 2.53. The molecule has 0 aliphatic heterocycles. The first-order valence-corrected chi connectivity index (χ1v) is 6.70. The third-order valence-corrected chi connectivity index (χ3v) is 3.66. The lowest BCUT2D eigenvalue weighted by molar-refractivity contribution is -0.384. The molecular weight excluding hydrogens is 260 g/mol. The highest BCUT2D eigenvalue weighted by Crippen LogP contribution is 2.21. The van der Waals surface area contributed by atoms with Gasteiger partial charge in [0.15, 0.2) is 0 Å². The highest BCUT2D eigenvalue weighted by molar-refractivity contribution is 5.94. The van der Waals surface area contributed by atoms with Crippen molar-refractivity contribution >= 4 is 11.6 Å². The summed E-state index contributed by atoms with van der Waals surface area (Å²) in [4.78, 5) is 22.2. The minimum Gasteiger partial charge on any atom is -0.379 e. The van der Waals surface area contributed by atoms with Gasteiger partial charge in [-0.2, -0.15) is 0 Å². The van der Waals surface area contributed by atoms with Crippen LogP contribution in [-0.2, 0) is 4.74 Å². The van der Waals surface area contributed by atoms with Gasteiger partial charge in [-0.25, -0.2) is 0 Å². The van der Waals surface area contributed by atoms with Gasteiger partial charge in [0, 0.05) is 24.8 Å². The Morgan fingerprint density at radius 2 is 1.95 bits per heavy atom. The molecule has 108 valence electrons. The summed E-state index contributed by atoms with van der Waals surface area (Å²) in [6.45, 7) is 0. The molecule has 1 aliphatic carbocycles. The first-order chi connectivity index (χ1) is 9.61. The molecule has 0 radical (unpaired) electrons. The van der Waals surface area contributed by atoms with Gasteiger partial charge in [-0.15, -0.1) is 0 Å². The quantitative estimate of drug-likeness (QED) is 0.676. The van der Waals surface area contributed by atoms with E-state index in [1.165, 1.54) is 24.3 Å². The fraction of sp³-hybridized carbons (Fsp3) is 0.500. The van der Waals surface area contributed by atoms with Crippen molar-refractivity contribution in [2.24, 2.45) is 0 Å². The lowest BCUT2D eigenvalue weighted by atomic mass is 9.92. The Labute approximate surface area is 117 Å². The van der Waals surface area contributed by atoms with Gasteiger partial charge in [-0.05, 0) is 25.0 Å². The van der Waals surface area contributed by atoms with Crippen LogP contribution in [0.3, 0.4) is 0 Å². The van der Waals surface area contributed by atoms with Crippen molar-refractivity contribution in [3.8, 4) is 0 Å². The minimum atomic E-state index is -0.482. The van der Waals surface area contributed by atoms with E-state index in [0.29, 0.717) is 5.56 Å². The van der Waals surface area contributed by atoms with Crippen molar-refractivity contribution < 1.29 is 14.5 Å². The molecule has 1 aromatic rings. The van der Waals surface area contributed by atoms with E-state index in [2.05, 4.69) is 5.32 Å². The number of non-ortho nitro benzene ring substituents is 1. The number of ether oxygens (including phenoxy) is 1. The largest absolute Gasteiger partial charge is 0.379 e. The number of benzene rings is 1. The molecule has 6 heteroatoms. The maximum atomic E-state index is 12.1. The first-order valence-electron chi connectivity index (χ1n) is 6.70. The van der Waals surface area contributed by atoms with Crippen molar-refractivity contribution in [1.29, 1.82) is 0 Å². The van der Waals surface area contributed by atoms with Crippen molar-refractivity contribution in [3.05, 3.63) is 39.9 Å². The Kier molecular flexibility index (Phi) is 4.68. The number of nitro benzene ring substituents is 1. The van der Waals surface area contributed by atoms with E-state index in [4.69, 9.17) is 4.74 Å². The summed E-state index contributed by atoms with van der Waals surface area (Å²) in [7, 11) is 1.65. The van der Waals surface area contributed by atoms with Crippen LogP contribution in [0.5, 0.6) is 0 Å². The van der Waals surface area contributed by atoms with Crippen LogP contribution in [-0.4, -0.2) is 30.1 Å². The maximum absolute atomic E-state index is 12.1. The summed E-state index contributed by atoms with van der Waals surface area (Å²) in [5.41, 5.74) is 0.407. The average molecular weight is 278 g/mol. The predicted molar refractivity (Wildman–Crippen MR) is 73.6 cm³/mol. The molecule has 2 rings (SSSR count). The van der Waals surface area contributed by atoms with Crippen LogP contribution in [0.4, 0.5) is 5.69 Å². The average Bonchev–Trinajstić information content (AvgIpc) is 2.48. The van der Waals surface area contributed by atoms with Gasteiger partial charge >= 0.3 is 0 Å². The first kappa shape index (κ1) is 14.5. The number of rotatable bonds is 4. The van der Waals surface area contributed by atoms with Crippen LogP contribution in [0.15, 0.2) is 24.3 Å². The van der Waals surface area contributed by atoms with E-state index < -0.39 is 4.92 Å². The molecule has 1 aliphatic rings. The normalized spacial score (nSPS) is 22.2. The summed E-state index contributed by atoms with van der Waals surface area (Å²) in [6, 6.07) is 5.63. The number of amides is 1. The highest BCUT2D eigenvalue weighted by atomic mass is 16.6. The molecule has 1 aromatic carbocycles. The second-order valence-electron chi connectivity index (χ2n) is 4.94. The number of carbonyl (C=O) groups is 1. The van der Waals surface area contributed by atoms with Gasteiger partial charge in [0.05, 0.1) is 17.1 Å². The number of hydrogen-bond acceptors (Lipinski definition) is 4. The van der Waals surface area contributed by atoms with E-state index in [1.807, 2.05) is 0 Å². The number of nitrogens with zero attached hydrogens (tertiary/aromatic N) is 1. The van der Waals surface area contributed by atoms with E-state index in [0.717, 1.165) is 25.7 Å². The van der Waals surface area contributed by atoms with E-state index in [9.17, 15) is 14.9 Å². The Bertz CT molecular complexity index is 486. The van der Waals surface area contributed by atoms with Gasteiger partial charge in [-0.1, -0.05) is 12.8 Å². The molecule has 6 nitrogen and oxygen atoms in total. The van der Waals surface area contributed by atoms with Crippen molar-refractivity contribution in [2.45, 2.75) is 37.8 Å². The zero-order valence-electron chi connectivity index (χ0n) is 11.4. The number of hydrogen-bond donors (Lipinski definition) is 1. The zero-order valence-corrected chi connectivity index (χ0v) is 11.4. The topological polar surface area (TPSA) is 81.5 Å². The lowest BCUT2D eigenvalue weighted by Crippen LogP contribution is -2.45. The molecular formula is C14H18N2O4. The van der Waals surface area contributed by atoms with Crippen molar-refractivity contribution in [1.82, 2.24) is 5.32 Å². The Morgan fingerprint density at radius 1 is 1.30 bits per heavy atom. The van der Waals surface area contributed by atoms with Crippen LogP contribution in [0.2, 0.25) is 0 Å². The molecule has 1 amide bonds. The molecule has 0 bridgehead atoms. The molecule has 0 heterocycles. The number of methoxy groups -OCH3 is 1. The Hall–Kier alpha value is -1.95. The fourth-order valence-corrected chi connectivity index (χ4v) is 2.53. The molecule has 0 aromatic heterocycles. The molecule has 1 fully saturated rings. The predicted octanol–water partition coefficient (Wildman–Crippen LogP) is 2.28. The van der Waals surface area contributed by atoms with Crippen molar-refractivity contribution in [2.75, 3.05) is 7.11 Å². The summed E-state index contributed by atoms with van der Waals surface area (Å²) in [5.74, 6) is -0.214. The molecule has 20 heavy (non-hydrogen) atoms.